The van der Waals surface area contributed by atoms with Gasteiger partial charge in [-0.15, -0.1) is 0 Å². The van der Waals surface area contributed by atoms with E-state index in [1.54, 1.807) is 0 Å². The van der Waals surface area contributed by atoms with Crippen LogP contribution in [0.25, 0.3) is 0 Å². The molecule has 0 saturated heterocycles. The second kappa shape index (κ2) is 13.0. The molecule has 0 aliphatic heterocycles. The van der Waals surface area contributed by atoms with E-state index in [-0.39, 0.29) is 11.9 Å². The molecular weight excluding hydrogens is 298 g/mol. The number of carbonyl (C=O) groups excluding carboxylic acids is 1. The predicted octanol–water partition coefficient (Wildman–Crippen LogP) is 5.15. The molecule has 0 saturated carbocycles. The summed E-state index contributed by atoms with van der Waals surface area (Å²) < 4.78 is 0. The number of hydrogen-bond acceptors (Lipinski definition) is 2. The third-order valence-electron chi connectivity index (χ3n) is 4.51. The minimum atomic E-state index is -0.654. The van der Waals surface area contributed by atoms with Crippen molar-refractivity contribution in [3.05, 3.63) is 35.9 Å². The van der Waals surface area contributed by atoms with Crippen LogP contribution in [0.1, 0.15) is 89.7 Å². The Morgan fingerprint density at radius 1 is 0.958 bits per heavy atom. The van der Waals surface area contributed by atoms with Gasteiger partial charge < -0.3 is 10.4 Å². The Morgan fingerprint density at radius 2 is 1.50 bits per heavy atom. The van der Waals surface area contributed by atoms with Crippen molar-refractivity contribution in [3.8, 4) is 0 Å². The SMILES string of the molecule is CCCCCCCCCCCC(=O)N[C@H](C)[C@@H](O)c1ccccc1. The molecular formula is C21H35NO2. The van der Waals surface area contributed by atoms with Crippen molar-refractivity contribution in [2.24, 2.45) is 0 Å². The zero-order valence-corrected chi connectivity index (χ0v) is 15.5. The number of aliphatic hydroxyl groups is 1. The van der Waals surface area contributed by atoms with Crippen LogP contribution in [-0.2, 0) is 4.79 Å². The summed E-state index contributed by atoms with van der Waals surface area (Å²) in [6.07, 6.45) is 11.2. The van der Waals surface area contributed by atoms with Crippen molar-refractivity contribution in [2.45, 2.75) is 90.2 Å². The monoisotopic (exact) mass is 333 g/mol. The number of rotatable bonds is 13. The summed E-state index contributed by atoms with van der Waals surface area (Å²) >= 11 is 0. The van der Waals surface area contributed by atoms with Gasteiger partial charge in [0.25, 0.3) is 0 Å². The molecule has 3 nitrogen and oxygen atoms in total. The zero-order chi connectivity index (χ0) is 17.6. The number of aliphatic hydroxyl groups excluding tert-OH is 1. The van der Waals surface area contributed by atoms with Gasteiger partial charge in [-0.3, -0.25) is 4.79 Å². The number of amides is 1. The molecule has 0 heterocycles. The number of unbranched alkanes of at least 4 members (excludes halogenated alkanes) is 8. The van der Waals surface area contributed by atoms with Gasteiger partial charge in [0, 0.05) is 6.42 Å². The Hall–Kier alpha value is -1.35. The smallest absolute Gasteiger partial charge is 0.220 e. The molecule has 1 amide bonds. The fraction of sp³-hybridized carbons (Fsp3) is 0.667. The van der Waals surface area contributed by atoms with Gasteiger partial charge in [0.2, 0.25) is 5.91 Å². The fourth-order valence-electron chi connectivity index (χ4n) is 2.94. The van der Waals surface area contributed by atoms with Gasteiger partial charge in [-0.2, -0.15) is 0 Å². The van der Waals surface area contributed by atoms with E-state index in [4.69, 9.17) is 0 Å². The molecule has 2 atom stereocenters. The highest BCUT2D eigenvalue weighted by Crippen LogP contribution is 2.16. The van der Waals surface area contributed by atoms with E-state index in [0.29, 0.717) is 6.42 Å². The third-order valence-corrected chi connectivity index (χ3v) is 4.51. The second-order valence-corrected chi connectivity index (χ2v) is 6.79. The highest BCUT2D eigenvalue weighted by Gasteiger charge is 2.17. The minimum Gasteiger partial charge on any atom is -0.386 e. The van der Waals surface area contributed by atoms with Crippen molar-refractivity contribution in [3.63, 3.8) is 0 Å². The van der Waals surface area contributed by atoms with E-state index >= 15 is 0 Å². The van der Waals surface area contributed by atoms with Crippen molar-refractivity contribution >= 4 is 5.91 Å². The maximum Gasteiger partial charge on any atom is 0.220 e. The van der Waals surface area contributed by atoms with Gasteiger partial charge in [0.05, 0.1) is 12.1 Å². The summed E-state index contributed by atoms with van der Waals surface area (Å²) in [6, 6.07) is 9.22. The van der Waals surface area contributed by atoms with E-state index in [1.807, 2.05) is 37.3 Å². The molecule has 0 fully saturated rings. The summed E-state index contributed by atoms with van der Waals surface area (Å²) in [5.74, 6) is 0.0421. The van der Waals surface area contributed by atoms with Crippen LogP contribution in [0, 0.1) is 0 Å². The lowest BCUT2D eigenvalue weighted by Crippen LogP contribution is -2.36. The number of benzene rings is 1. The molecule has 3 heteroatoms. The van der Waals surface area contributed by atoms with Crippen LogP contribution in [0.3, 0.4) is 0 Å². The molecule has 0 unspecified atom stereocenters. The molecule has 0 aromatic heterocycles. The van der Waals surface area contributed by atoms with Crippen LogP contribution in [0.2, 0.25) is 0 Å². The molecule has 0 radical (unpaired) electrons. The largest absolute Gasteiger partial charge is 0.386 e. The standard InChI is InChI=1S/C21H35NO2/c1-3-4-5-6-7-8-9-10-14-17-20(23)22-18(2)21(24)19-15-12-11-13-16-19/h11-13,15-16,18,21,24H,3-10,14,17H2,1-2H3,(H,22,23)/t18-,21-/m1/s1. The van der Waals surface area contributed by atoms with Crippen LogP contribution in [0.15, 0.2) is 30.3 Å². The van der Waals surface area contributed by atoms with Crippen molar-refractivity contribution in [1.29, 1.82) is 0 Å². The molecule has 0 spiro atoms. The van der Waals surface area contributed by atoms with Crippen LogP contribution in [-0.4, -0.2) is 17.1 Å². The summed E-state index contributed by atoms with van der Waals surface area (Å²) in [5.41, 5.74) is 0.841. The number of nitrogens with one attached hydrogen (secondary N) is 1. The first-order chi connectivity index (χ1) is 11.6. The molecule has 0 bridgehead atoms. The quantitative estimate of drug-likeness (QED) is 0.491. The van der Waals surface area contributed by atoms with Crippen molar-refractivity contribution < 1.29 is 9.90 Å². The summed E-state index contributed by atoms with van der Waals surface area (Å²) in [5, 5.41) is 13.2. The topological polar surface area (TPSA) is 49.3 Å². The predicted molar refractivity (Wildman–Crippen MR) is 101 cm³/mol. The summed E-state index contributed by atoms with van der Waals surface area (Å²) in [7, 11) is 0. The average Bonchev–Trinajstić information content (AvgIpc) is 2.60. The molecule has 2 N–H and O–H groups in total. The highest BCUT2D eigenvalue weighted by atomic mass is 16.3. The first-order valence-corrected chi connectivity index (χ1v) is 9.67. The number of hydrogen-bond donors (Lipinski definition) is 2. The maximum atomic E-state index is 12.0. The van der Waals surface area contributed by atoms with E-state index < -0.39 is 6.10 Å². The van der Waals surface area contributed by atoms with E-state index in [2.05, 4.69) is 12.2 Å². The average molecular weight is 334 g/mol. The lowest BCUT2D eigenvalue weighted by atomic mass is 10.0. The Balaban J connectivity index is 2.07. The van der Waals surface area contributed by atoms with Gasteiger partial charge in [-0.1, -0.05) is 88.6 Å². The Morgan fingerprint density at radius 3 is 2.08 bits per heavy atom. The van der Waals surface area contributed by atoms with E-state index in [9.17, 15) is 9.90 Å². The first-order valence-electron chi connectivity index (χ1n) is 9.67. The lowest BCUT2D eigenvalue weighted by Gasteiger charge is -2.20. The molecule has 1 rings (SSSR count). The zero-order valence-electron chi connectivity index (χ0n) is 15.5. The van der Waals surface area contributed by atoms with Gasteiger partial charge in [-0.05, 0) is 18.9 Å². The van der Waals surface area contributed by atoms with Gasteiger partial charge in [0.15, 0.2) is 0 Å². The van der Waals surface area contributed by atoms with E-state index in [0.717, 1.165) is 18.4 Å². The maximum absolute atomic E-state index is 12.0. The molecule has 1 aromatic carbocycles. The second-order valence-electron chi connectivity index (χ2n) is 6.79. The van der Waals surface area contributed by atoms with Crippen LogP contribution >= 0.6 is 0 Å². The molecule has 24 heavy (non-hydrogen) atoms. The molecule has 136 valence electrons. The highest BCUT2D eigenvalue weighted by molar-refractivity contribution is 5.76. The fourth-order valence-corrected chi connectivity index (χ4v) is 2.94. The van der Waals surface area contributed by atoms with Gasteiger partial charge in [0.1, 0.15) is 0 Å². The van der Waals surface area contributed by atoms with Crippen LogP contribution in [0.4, 0.5) is 0 Å². The van der Waals surface area contributed by atoms with Crippen molar-refractivity contribution in [1.82, 2.24) is 5.32 Å². The molecule has 1 aromatic rings. The Bertz CT molecular complexity index is 433. The lowest BCUT2D eigenvalue weighted by molar-refractivity contribution is -0.122. The normalized spacial score (nSPS) is 13.5. The summed E-state index contributed by atoms with van der Waals surface area (Å²) in [6.45, 7) is 4.09. The first kappa shape index (κ1) is 20.7. The van der Waals surface area contributed by atoms with Gasteiger partial charge in [-0.25, -0.2) is 0 Å². The van der Waals surface area contributed by atoms with Crippen LogP contribution in [0.5, 0.6) is 0 Å². The minimum absolute atomic E-state index is 0.0421. The van der Waals surface area contributed by atoms with Gasteiger partial charge >= 0.3 is 0 Å². The molecule has 0 aliphatic rings. The van der Waals surface area contributed by atoms with E-state index in [1.165, 1.54) is 44.9 Å². The third kappa shape index (κ3) is 9.07. The Labute approximate surface area is 147 Å². The summed E-state index contributed by atoms with van der Waals surface area (Å²) in [4.78, 5) is 12.0. The van der Waals surface area contributed by atoms with Crippen LogP contribution < -0.4 is 5.32 Å². The molecule has 0 aliphatic carbocycles. The Kier molecular flexibility index (Phi) is 11.2. The van der Waals surface area contributed by atoms with Crippen molar-refractivity contribution in [2.75, 3.05) is 0 Å². The number of carbonyl (C=O) groups is 1.